The van der Waals surface area contributed by atoms with Gasteiger partial charge in [0.25, 0.3) is 0 Å². The fourth-order valence-corrected chi connectivity index (χ4v) is 3.77. The molecular weight excluding hydrogens is 272 g/mol. The predicted octanol–water partition coefficient (Wildman–Crippen LogP) is 1.41. The van der Waals surface area contributed by atoms with Crippen LogP contribution < -0.4 is 4.90 Å². The van der Waals surface area contributed by atoms with Gasteiger partial charge < -0.3 is 9.80 Å². The number of nitrogens with zero attached hydrogens (tertiary/aromatic N) is 4. The summed E-state index contributed by atoms with van der Waals surface area (Å²) in [7, 11) is 0. The fraction of sp³-hybridized carbons (Fsp3) is 0.643. The molecule has 1 aromatic rings. The van der Waals surface area contributed by atoms with Crippen LogP contribution in [-0.4, -0.2) is 58.0 Å². The van der Waals surface area contributed by atoms with Gasteiger partial charge in [-0.2, -0.15) is 11.8 Å². The summed E-state index contributed by atoms with van der Waals surface area (Å²) in [5, 5.41) is 0. The molecule has 0 aliphatic carbocycles. The van der Waals surface area contributed by atoms with Crippen LogP contribution in [0, 0.1) is 0 Å². The molecule has 1 amide bonds. The molecule has 20 heavy (non-hydrogen) atoms. The minimum atomic E-state index is -0.0690. The number of hydrogen-bond donors (Lipinski definition) is 0. The fourth-order valence-electron chi connectivity index (χ4n) is 2.88. The van der Waals surface area contributed by atoms with Gasteiger partial charge in [0, 0.05) is 37.8 Å². The minimum absolute atomic E-state index is 0.0690. The Hall–Kier alpha value is -1.30. The molecule has 1 atom stereocenters. The van der Waals surface area contributed by atoms with Crippen LogP contribution in [0.1, 0.15) is 19.3 Å². The zero-order chi connectivity index (χ0) is 13.8. The Morgan fingerprint density at radius 1 is 1.15 bits per heavy atom. The second-order valence-corrected chi connectivity index (χ2v) is 6.42. The van der Waals surface area contributed by atoms with E-state index in [1.807, 2.05) is 22.7 Å². The van der Waals surface area contributed by atoms with Gasteiger partial charge in [-0.25, -0.2) is 9.97 Å². The third kappa shape index (κ3) is 2.90. The van der Waals surface area contributed by atoms with Crippen molar-refractivity contribution < 1.29 is 4.79 Å². The zero-order valence-electron chi connectivity index (χ0n) is 11.6. The van der Waals surface area contributed by atoms with E-state index in [2.05, 4.69) is 14.9 Å². The van der Waals surface area contributed by atoms with E-state index < -0.39 is 0 Å². The molecule has 5 nitrogen and oxygen atoms in total. The summed E-state index contributed by atoms with van der Waals surface area (Å²) >= 11 is 1.94. The van der Waals surface area contributed by atoms with Crippen LogP contribution in [0.15, 0.2) is 18.5 Å². The lowest BCUT2D eigenvalue weighted by Crippen LogP contribution is -2.47. The van der Waals surface area contributed by atoms with Crippen molar-refractivity contribution in [2.24, 2.45) is 0 Å². The summed E-state index contributed by atoms with van der Waals surface area (Å²) in [4.78, 5) is 25.5. The topological polar surface area (TPSA) is 49.3 Å². The third-order valence-electron chi connectivity index (χ3n) is 3.88. The molecule has 0 radical (unpaired) electrons. The van der Waals surface area contributed by atoms with E-state index in [9.17, 15) is 4.79 Å². The minimum Gasteiger partial charge on any atom is -0.340 e. The molecule has 0 N–H and O–H groups in total. The number of rotatable bonds is 2. The number of aromatic nitrogens is 2. The number of anilines is 1. The molecule has 1 aromatic heterocycles. The second-order valence-electron chi connectivity index (χ2n) is 5.19. The molecule has 108 valence electrons. The summed E-state index contributed by atoms with van der Waals surface area (Å²) in [5.74, 6) is 3.17. The first-order chi connectivity index (χ1) is 9.86. The monoisotopic (exact) mass is 292 g/mol. The first kappa shape index (κ1) is 13.7. The van der Waals surface area contributed by atoms with Gasteiger partial charge in [-0.1, -0.05) is 0 Å². The first-order valence-corrected chi connectivity index (χ1v) is 8.42. The predicted molar refractivity (Wildman–Crippen MR) is 80.9 cm³/mol. The van der Waals surface area contributed by atoms with Gasteiger partial charge in [0.05, 0.1) is 0 Å². The van der Waals surface area contributed by atoms with Crippen molar-refractivity contribution in [2.75, 3.05) is 36.0 Å². The molecule has 2 aliphatic rings. The molecule has 3 rings (SSSR count). The summed E-state index contributed by atoms with van der Waals surface area (Å²) in [6.45, 7) is 2.65. The quantitative estimate of drug-likeness (QED) is 0.825. The average molecular weight is 292 g/mol. The maximum atomic E-state index is 12.8. The van der Waals surface area contributed by atoms with Crippen molar-refractivity contribution >= 4 is 23.6 Å². The SMILES string of the molecule is O=C(C1CCCN1c1ncccn1)N1CCCSCC1. The van der Waals surface area contributed by atoms with Crippen LogP contribution in [0.3, 0.4) is 0 Å². The Morgan fingerprint density at radius 3 is 2.85 bits per heavy atom. The smallest absolute Gasteiger partial charge is 0.245 e. The molecule has 1 unspecified atom stereocenters. The molecule has 0 saturated carbocycles. The van der Waals surface area contributed by atoms with Gasteiger partial charge in [-0.3, -0.25) is 4.79 Å². The average Bonchev–Trinajstić information content (AvgIpc) is 2.82. The van der Waals surface area contributed by atoms with Gasteiger partial charge in [0.2, 0.25) is 11.9 Å². The summed E-state index contributed by atoms with van der Waals surface area (Å²) in [6.07, 6.45) is 6.54. The molecular formula is C14H20N4OS. The van der Waals surface area contributed by atoms with Crippen molar-refractivity contribution in [2.45, 2.75) is 25.3 Å². The van der Waals surface area contributed by atoms with E-state index in [1.54, 1.807) is 12.4 Å². The van der Waals surface area contributed by atoms with E-state index in [0.717, 1.165) is 44.6 Å². The number of amides is 1. The molecule has 0 aromatic carbocycles. The van der Waals surface area contributed by atoms with Crippen molar-refractivity contribution in [3.05, 3.63) is 18.5 Å². The Kier molecular flexibility index (Phi) is 4.40. The van der Waals surface area contributed by atoms with Gasteiger partial charge >= 0.3 is 0 Å². The van der Waals surface area contributed by atoms with E-state index in [1.165, 1.54) is 5.75 Å². The highest BCUT2D eigenvalue weighted by Gasteiger charge is 2.35. The molecule has 0 bridgehead atoms. The van der Waals surface area contributed by atoms with Crippen molar-refractivity contribution in [3.63, 3.8) is 0 Å². The third-order valence-corrected chi connectivity index (χ3v) is 4.93. The van der Waals surface area contributed by atoms with Crippen LogP contribution >= 0.6 is 11.8 Å². The molecule has 2 aliphatic heterocycles. The van der Waals surface area contributed by atoms with Crippen LogP contribution in [0.4, 0.5) is 5.95 Å². The van der Waals surface area contributed by atoms with E-state index in [4.69, 9.17) is 0 Å². The Labute approximate surface area is 123 Å². The van der Waals surface area contributed by atoms with Crippen LogP contribution in [0.5, 0.6) is 0 Å². The standard InChI is InChI=1S/C14H20N4OS/c19-13(17-7-3-10-20-11-9-17)12-4-1-8-18(12)14-15-5-2-6-16-14/h2,5-6,12H,1,3-4,7-11H2. The number of thioether (sulfide) groups is 1. The summed E-state index contributed by atoms with van der Waals surface area (Å²) < 4.78 is 0. The lowest BCUT2D eigenvalue weighted by Gasteiger charge is -2.29. The van der Waals surface area contributed by atoms with Gasteiger partial charge in [-0.15, -0.1) is 0 Å². The Bertz CT molecular complexity index is 448. The lowest BCUT2D eigenvalue weighted by molar-refractivity contribution is -0.132. The van der Waals surface area contributed by atoms with Gasteiger partial charge in [0.1, 0.15) is 6.04 Å². The normalized spacial score (nSPS) is 23.7. The number of carbonyl (C=O) groups is 1. The van der Waals surface area contributed by atoms with Crippen molar-refractivity contribution in [1.29, 1.82) is 0 Å². The lowest BCUT2D eigenvalue weighted by atomic mass is 10.2. The van der Waals surface area contributed by atoms with E-state index in [0.29, 0.717) is 5.95 Å². The maximum absolute atomic E-state index is 12.8. The first-order valence-electron chi connectivity index (χ1n) is 7.26. The summed E-state index contributed by atoms with van der Waals surface area (Å²) in [6, 6.07) is 1.74. The van der Waals surface area contributed by atoms with E-state index >= 15 is 0 Å². The highest BCUT2D eigenvalue weighted by molar-refractivity contribution is 7.99. The van der Waals surface area contributed by atoms with Crippen LogP contribution in [0.25, 0.3) is 0 Å². The second kappa shape index (κ2) is 6.43. The molecule has 2 fully saturated rings. The van der Waals surface area contributed by atoms with Gasteiger partial charge in [-0.05, 0) is 31.1 Å². The largest absolute Gasteiger partial charge is 0.340 e. The van der Waals surface area contributed by atoms with Crippen LogP contribution in [-0.2, 0) is 4.79 Å². The number of hydrogen-bond acceptors (Lipinski definition) is 5. The van der Waals surface area contributed by atoms with Gasteiger partial charge in [0.15, 0.2) is 0 Å². The summed E-state index contributed by atoms with van der Waals surface area (Å²) in [5.41, 5.74) is 0. The maximum Gasteiger partial charge on any atom is 0.245 e. The van der Waals surface area contributed by atoms with E-state index in [-0.39, 0.29) is 11.9 Å². The Morgan fingerprint density at radius 2 is 2.00 bits per heavy atom. The highest BCUT2D eigenvalue weighted by atomic mass is 32.2. The molecule has 3 heterocycles. The molecule has 6 heteroatoms. The van der Waals surface area contributed by atoms with Crippen LogP contribution in [0.2, 0.25) is 0 Å². The zero-order valence-corrected chi connectivity index (χ0v) is 12.4. The Balaban J connectivity index is 1.73. The molecule has 2 saturated heterocycles. The van der Waals surface area contributed by atoms with Crippen molar-refractivity contribution in [3.8, 4) is 0 Å². The number of carbonyl (C=O) groups excluding carboxylic acids is 1. The highest BCUT2D eigenvalue weighted by Crippen LogP contribution is 2.24. The van der Waals surface area contributed by atoms with Crippen molar-refractivity contribution in [1.82, 2.24) is 14.9 Å². The molecule has 0 spiro atoms.